The Kier molecular flexibility index (Phi) is 9.46. The highest BCUT2D eigenvalue weighted by molar-refractivity contribution is 7.27. The second kappa shape index (κ2) is 14.7. The van der Waals surface area contributed by atoms with Crippen molar-refractivity contribution >= 4 is 87.8 Å². The van der Waals surface area contributed by atoms with Crippen LogP contribution in [-0.4, -0.2) is 0 Å². The lowest BCUT2D eigenvalue weighted by Crippen LogP contribution is -2.27. The Balaban J connectivity index is 1.43. The van der Waals surface area contributed by atoms with E-state index in [9.17, 15) is 0 Å². The highest BCUT2D eigenvalue weighted by Gasteiger charge is 2.20. The van der Waals surface area contributed by atoms with Gasteiger partial charge >= 0.3 is 0 Å². The summed E-state index contributed by atoms with van der Waals surface area (Å²) < 4.78 is 9.10. The number of allylic oxidation sites excluding steroid dienone is 5. The molecule has 0 aliphatic carbocycles. The van der Waals surface area contributed by atoms with E-state index >= 15 is 0 Å². The van der Waals surface area contributed by atoms with Crippen LogP contribution in [0.2, 0.25) is 0 Å². The van der Waals surface area contributed by atoms with Crippen molar-refractivity contribution in [3.8, 4) is 22.3 Å². The fourth-order valence-electron chi connectivity index (χ4n) is 8.01. The van der Waals surface area contributed by atoms with Crippen molar-refractivity contribution in [3.63, 3.8) is 0 Å². The summed E-state index contributed by atoms with van der Waals surface area (Å²) in [4.78, 5) is 0. The molecule has 8 rings (SSSR count). The maximum Gasteiger partial charge on any atom is 0.144 e. The second-order valence-electron chi connectivity index (χ2n) is 13.5. The number of aryl methyl sites for hydroxylation is 1. The van der Waals surface area contributed by atoms with Crippen molar-refractivity contribution in [2.24, 2.45) is 0 Å². The molecule has 2 aromatic heterocycles. The average Bonchev–Trinajstić information content (AvgIpc) is 3.75. The molecule has 0 radical (unpaired) electrons. The van der Waals surface area contributed by atoms with Gasteiger partial charge in [0.05, 0.1) is 0 Å². The topological polar surface area (TPSA) is 13.1 Å². The first kappa shape index (κ1) is 34.8. The molecular weight excluding hydrogens is 673 g/mol. The van der Waals surface area contributed by atoms with E-state index < -0.39 is 0 Å². The lowest BCUT2D eigenvalue weighted by atomic mass is 9.91. The largest absolute Gasteiger partial charge is 0.456 e. The monoisotopic (exact) mass is 714 g/mol. The van der Waals surface area contributed by atoms with Crippen molar-refractivity contribution < 1.29 is 4.42 Å². The van der Waals surface area contributed by atoms with Crippen LogP contribution in [0.3, 0.4) is 0 Å². The number of rotatable bonds is 6. The molecule has 0 N–H and O–H groups in total. The number of hydrogen-bond acceptors (Lipinski definition) is 2. The van der Waals surface area contributed by atoms with Crippen LogP contribution in [-0.2, 0) is 0 Å². The van der Waals surface area contributed by atoms with Crippen molar-refractivity contribution in [2.45, 2.75) is 27.7 Å². The Morgan fingerprint density at radius 3 is 2.04 bits per heavy atom. The molecule has 6 aromatic carbocycles. The van der Waals surface area contributed by atoms with Crippen molar-refractivity contribution in [1.82, 2.24) is 0 Å². The third-order valence-corrected chi connectivity index (χ3v) is 11.7. The van der Waals surface area contributed by atoms with Crippen LogP contribution in [0.25, 0.3) is 98.7 Å². The van der Waals surface area contributed by atoms with Gasteiger partial charge in [-0.1, -0.05) is 153 Å². The molecule has 0 aliphatic rings. The molecule has 0 saturated carbocycles. The lowest BCUT2D eigenvalue weighted by Gasteiger charge is -2.13. The van der Waals surface area contributed by atoms with Crippen LogP contribution < -0.4 is 10.4 Å². The summed E-state index contributed by atoms with van der Waals surface area (Å²) in [5, 5.41) is 10.9. The fraction of sp³-hybridized carbons (Fsp3) is 0.0769. The predicted octanol–water partition coefficient (Wildman–Crippen LogP) is 14.3. The SMILES string of the molecule is C=C/C=C\C(=C)c1ccc(-c2ccccccc(-c3ccc4sc5c6c(C)c(/C=C\C)oc6c6ccccc6c5c4c3)/c(=C/C)c2=CC)c2ccccc12. The number of fused-ring (bicyclic) bond motifs is 9. The lowest BCUT2D eigenvalue weighted by molar-refractivity contribution is 0.604. The molecule has 1 nitrogen and oxygen atoms in total. The summed E-state index contributed by atoms with van der Waals surface area (Å²) in [6, 6.07) is 41.8. The molecule has 0 unspecified atom stereocenters. The minimum atomic E-state index is 0.924. The van der Waals surface area contributed by atoms with Gasteiger partial charge in [0.2, 0.25) is 0 Å². The quantitative estimate of drug-likeness (QED) is 0.156. The maximum absolute atomic E-state index is 6.55. The number of furan rings is 1. The molecule has 2 heterocycles. The van der Waals surface area contributed by atoms with E-state index in [0.717, 1.165) is 27.9 Å². The Bertz CT molecular complexity index is 3070. The van der Waals surface area contributed by atoms with Crippen LogP contribution >= 0.6 is 11.3 Å². The van der Waals surface area contributed by atoms with Crippen molar-refractivity contribution in [1.29, 1.82) is 0 Å². The van der Waals surface area contributed by atoms with Crippen LogP contribution in [0, 0.1) is 6.92 Å². The number of hydrogen-bond donors (Lipinski definition) is 0. The van der Waals surface area contributed by atoms with Gasteiger partial charge in [0.1, 0.15) is 11.3 Å². The first-order valence-electron chi connectivity index (χ1n) is 18.5. The zero-order valence-electron chi connectivity index (χ0n) is 31.2. The van der Waals surface area contributed by atoms with Crippen LogP contribution in [0.5, 0.6) is 0 Å². The van der Waals surface area contributed by atoms with Gasteiger partial charge in [0, 0.05) is 36.5 Å². The van der Waals surface area contributed by atoms with Gasteiger partial charge in [-0.2, -0.15) is 0 Å². The number of benzene rings is 5. The summed E-state index contributed by atoms with van der Waals surface area (Å²) in [5.74, 6) is 0.924. The van der Waals surface area contributed by atoms with E-state index in [2.05, 4.69) is 173 Å². The van der Waals surface area contributed by atoms with E-state index in [1.807, 2.05) is 30.4 Å². The van der Waals surface area contributed by atoms with Gasteiger partial charge in [-0.25, -0.2) is 0 Å². The zero-order chi connectivity index (χ0) is 37.3. The molecule has 2 heteroatoms. The Morgan fingerprint density at radius 1 is 0.648 bits per heavy atom. The van der Waals surface area contributed by atoms with E-state index in [4.69, 9.17) is 4.42 Å². The molecular formula is C52H42OS. The molecule has 0 saturated heterocycles. The van der Waals surface area contributed by atoms with Crippen molar-refractivity contribution in [2.75, 3.05) is 0 Å². The zero-order valence-corrected chi connectivity index (χ0v) is 32.1. The summed E-state index contributed by atoms with van der Waals surface area (Å²) in [5.41, 5.74) is 8.92. The van der Waals surface area contributed by atoms with Gasteiger partial charge < -0.3 is 4.42 Å². The minimum absolute atomic E-state index is 0.924. The van der Waals surface area contributed by atoms with Crippen LogP contribution in [0.15, 0.2) is 157 Å². The van der Waals surface area contributed by atoms with Gasteiger partial charge in [-0.3, -0.25) is 0 Å². The molecule has 0 aliphatic heterocycles. The van der Waals surface area contributed by atoms with Gasteiger partial charge in [0.15, 0.2) is 0 Å². The predicted molar refractivity (Wildman–Crippen MR) is 240 cm³/mol. The normalized spacial score (nSPS) is 12.7. The molecule has 8 aromatic rings. The summed E-state index contributed by atoms with van der Waals surface area (Å²) in [6.45, 7) is 16.8. The molecule has 0 amide bonds. The molecule has 54 heavy (non-hydrogen) atoms. The average molecular weight is 715 g/mol. The van der Waals surface area contributed by atoms with Gasteiger partial charge in [-0.05, 0) is 106 Å². The third kappa shape index (κ3) is 5.80. The summed E-state index contributed by atoms with van der Waals surface area (Å²) in [7, 11) is 0. The van der Waals surface area contributed by atoms with E-state index in [1.165, 1.54) is 80.0 Å². The third-order valence-electron chi connectivity index (χ3n) is 10.5. The van der Waals surface area contributed by atoms with Gasteiger partial charge in [0.25, 0.3) is 0 Å². The first-order valence-corrected chi connectivity index (χ1v) is 19.3. The van der Waals surface area contributed by atoms with Crippen LogP contribution in [0.4, 0.5) is 0 Å². The Labute approximate surface area is 320 Å². The highest BCUT2D eigenvalue weighted by atomic mass is 32.1. The fourth-order valence-corrected chi connectivity index (χ4v) is 9.31. The highest BCUT2D eigenvalue weighted by Crippen LogP contribution is 2.47. The standard InChI is InChI=1S/C52H42OS/c1-7-11-21-33(5)38-29-30-43(42-25-17-16-24-41(38)42)40-23-15-13-12-14-22-39(36(9-3)37(40)10-4)35-28-31-48-46(32-35)50-44-26-18-19-27-45(44)51-49(52(50)54-48)34(6)47(53-51)20-8-2/h7-32H,1,5H2,2-4,6H3/b14-12?,15-13?,20-8-,21-11-,36-9+,37-10?,39-22?,40-23?. The maximum atomic E-state index is 6.55. The van der Waals surface area contributed by atoms with Crippen molar-refractivity contribution in [3.05, 3.63) is 180 Å². The molecule has 0 bridgehead atoms. The van der Waals surface area contributed by atoms with E-state index in [-0.39, 0.29) is 0 Å². The van der Waals surface area contributed by atoms with Gasteiger partial charge in [-0.15, -0.1) is 11.3 Å². The number of thiophene rings is 1. The van der Waals surface area contributed by atoms with E-state index in [1.54, 1.807) is 6.08 Å². The molecule has 0 spiro atoms. The molecule has 0 atom stereocenters. The second-order valence-corrected chi connectivity index (χ2v) is 14.6. The summed E-state index contributed by atoms with van der Waals surface area (Å²) in [6.07, 6.45) is 14.4. The van der Waals surface area contributed by atoms with E-state index in [0.29, 0.717) is 0 Å². The Morgan fingerprint density at radius 2 is 1.31 bits per heavy atom. The first-order chi connectivity index (χ1) is 26.5. The Hall–Kier alpha value is -6.22. The minimum Gasteiger partial charge on any atom is -0.456 e. The summed E-state index contributed by atoms with van der Waals surface area (Å²) >= 11 is 1.86. The van der Waals surface area contributed by atoms with Crippen LogP contribution in [0.1, 0.15) is 37.7 Å². The molecule has 262 valence electrons. The smallest absolute Gasteiger partial charge is 0.144 e. The molecule has 0 fully saturated rings.